The van der Waals surface area contributed by atoms with Gasteiger partial charge in [-0.1, -0.05) is 0 Å². The van der Waals surface area contributed by atoms with Gasteiger partial charge in [0.15, 0.2) is 5.78 Å². The largest absolute Gasteiger partial charge is 0.338 e. The second-order valence-corrected chi connectivity index (χ2v) is 4.86. The Hall–Kier alpha value is -1.49. The normalized spacial score (nSPS) is 10.6. The summed E-state index contributed by atoms with van der Waals surface area (Å²) in [7, 11) is 1.93. The summed E-state index contributed by atoms with van der Waals surface area (Å²) in [5.41, 5.74) is 0. The third-order valence-electron chi connectivity index (χ3n) is 2.39. The number of rotatable bonds is 4. The van der Waals surface area contributed by atoms with Gasteiger partial charge in [-0.2, -0.15) is 0 Å². The fourth-order valence-corrected chi connectivity index (χ4v) is 2.22. The first-order valence-electron chi connectivity index (χ1n) is 5.08. The third kappa shape index (κ3) is 2.36. The lowest BCUT2D eigenvalue weighted by molar-refractivity contribution is 0.0985. The highest BCUT2D eigenvalue weighted by atomic mass is 32.1. The molecule has 0 spiro atoms. The highest BCUT2D eigenvalue weighted by molar-refractivity contribution is 7.13. The Morgan fingerprint density at radius 3 is 2.88 bits per heavy atom. The van der Waals surface area contributed by atoms with Crippen molar-refractivity contribution in [3.05, 3.63) is 34.3 Å². The van der Waals surface area contributed by atoms with E-state index in [1.165, 1.54) is 11.3 Å². The van der Waals surface area contributed by atoms with Gasteiger partial charge in [-0.3, -0.25) is 4.79 Å². The Morgan fingerprint density at radius 2 is 2.31 bits per heavy atom. The molecule has 2 aromatic heterocycles. The minimum atomic E-state index is 0.147. The summed E-state index contributed by atoms with van der Waals surface area (Å²) in [6.07, 6.45) is 6.46. The van der Waals surface area contributed by atoms with E-state index in [1.807, 2.05) is 24.7 Å². The van der Waals surface area contributed by atoms with Crippen LogP contribution < -0.4 is 0 Å². The van der Waals surface area contributed by atoms with Crippen molar-refractivity contribution in [1.82, 2.24) is 14.5 Å². The van der Waals surface area contributed by atoms with Gasteiger partial charge in [-0.15, -0.1) is 11.3 Å². The number of hydrogen-bond acceptors (Lipinski definition) is 4. The average molecular weight is 235 g/mol. The number of aryl methyl sites for hydroxylation is 3. The Balaban J connectivity index is 1.96. The number of carbonyl (C=O) groups is 1. The maximum Gasteiger partial charge on any atom is 0.174 e. The van der Waals surface area contributed by atoms with Crippen molar-refractivity contribution in [2.45, 2.75) is 19.8 Å². The average Bonchev–Trinajstić information content (AvgIpc) is 2.84. The van der Waals surface area contributed by atoms with Crippen molar-refractivity contribution in [3.8, 4) is 0 Å². The van der Waals surface area contributed by atoms with E-state index in [2.05, 4.69) is 9.97 Å². The van der Waals surface area contributed by atoms with Crippen molar-refractivity contribution in [2.75, 3.05) is 0 Å². The molecule has 5 heteroatoms. The van der Waals surface area contributed by atoms with Crippen LogP contribution in [0.5, 0.6) is 0 Å². The van der Waals surface area contributed by atoms with Gasteiger partial charge in [0.2, 0.25) is 0 Å². The van der Waals surface area contributed by atoms with Crippen LogP contribution in [0.1, 0.15) is 26.9 Å². The lowest BCUT2D eigenvalue weighted by Gasteiger charge is -1.99. The molecule has 0 aliphatic rings. The summed E-state index contributed by atoms with van der Waals surface area (Å²) in [6.45, 7) is 1.90. The molecule has 4 nitrogen and oxygen atoms in total. The Kier molecular flexibility index (Phi) is 3.14. The highest BCUT2D eigenvalue weighted by Gasteiger charge is 2.10. The van der Waals surface area contributed by atoms with Crippen LogP contribution in [0.4, 0.5) is 0 Å². The summed E-state index contributed by atoms with van der Waals surface area (Å²) in [6, 6.07) is 0. The van der Waals surface area contributed by atoms with Gasteiger partial charge in [0, 0.05) is 38.5 Å². The second-order valence-electron chi connectivity index (χ2n) is 3.62. The van der Waals surface area contributed by atoms with Crippen LogP contribution in [0.15, 0.2) is 18.6 Å². The molecule has 0 fully saturated rings. The number of hydrogen-bond donors (Lipinski definition) is 0. The number of imidazole rings is 1. The van der Waals surface area contributed by atoms with Gasteiger partial charge < -0.3 is 4.57 Å². The van der Waals surface area contributed by atoms with Crippen LogP contribution in [-0.2, 0) is 13.5 Å². The van der Waals surface area contributed by atoms with Crippen LogP contribution in [0.25, 0.3) is 0 Å². The maximum absolute atomic E-state index is 11.8. The lowest BCUT2D eigenvalue weighted by atomic mass is 10.2. The molecule has 0 aromatic carbocycles. The van der Waals surface area contributed by atoms with Gasteiger partial charge in [0.1, 0.15) is 5.82 Å². The molecule has 2 heterocycles. The van der Waals surface area contributed by atoms with Gasteiger partial charge in [-0.05, 0) is 6.92 Å². The first-order chi connectivity index (χ1) is 7.66. The molecule has 0 atom stereocenters. The second kappa shape index (κ2) is 4.57. The van der Waals surface area contributed by atoms with Crippen molar-refractivity contribution < 1.29 is 4.79 Å². The maximum atomic E-state index is 11.8. The summed E-state index contributed by atoms with van der Waals surface area (Å²) in [4.78, 5) is 20.8. The summed E-state index contributed by atoms with van der Waals surface area (Å²) in [5, 5.41) is 0.931. The SMILES string of the molecule is Cc1ncc(C(=O)CCc2nccn2C)s1. The molecule has 0 saturated carbocycles. The van der Waals surface area contributed by atoms with Gasteiger partial charge in [-0.25, -0.2) is 9.97 Å². The minimum absolute atomic E-state index is 0.147. The molecule has 0 aliphatic carbocycles. The summed E-state index contributed by atoms with van der Waals surface area (Å²) in [5.74, 6) is 1.09. The fraction of sp³-hybridized carbons (Fsp3) is 0.364. The van der Waals surface area contributed by atoms with Crippen LogP contribution in [-0.4, -0.2) is 20.3 Å². The Morgan fingerprint density at radius 1 is 1.50 bits per heavy atom. The first-order valence-corrected chi connectivity index (χ1v) is 5.90. The van der Waals surface area contributed by atoms with Crippen molar-refractivity contribution >= 4 is 17.1 Å². The smallest absolute Gasteiger partial charge is 0.174 e. The molecule has 0 bridgehead atoms. The van der Waals surface area contributed by atoms with Gasteiger partial charge in [0.05, 0.1) is 9.88 Å². The van der Waals surface area contributed by atoms with Crippen LogP contribution >= 0.6 is 11.3 Å². The molecule has 0 aliphatic heterocycles. The zero-order valence-corrected chi connectivity index (χ0v) is 10.1. The van der Waals surface area contributed by atoms with E-state index in [4.69, 9.17) is 0 Å². The van der Waals surface area contributed by atoms with Gasteiger partial charge in [0.25, 0.3) is 0 Å². The van der Waals surface area contributed by atoms with Crippen LogP contribution in [0.3, 0.4) is 0 Å². The number of nitrogens with zero attached hydrogens (tertiary/aromatic N) is 3. The molecule has 0 saturated heterocycles. The summed E-state index contributed by atoms with van der Waals surface area (Å²) < 4.78 is 1.94. The minimum Gasteiger partial charge on any atom is -0.338 e. The van der Waals surface area contributed by atoms with Crippen LogP contribution in [0, 0.1) is 6.92 Å². The van der Waals surface area contributed by atoms with Gasteiger partial charge >= 0.3 is 0 Å². The molecule has 84 valence electrons. The number of thiazole rings is 1. The molecular weight excluding hydrogens is 222 g/mol. The number of Topliss-reactive ketones (excluding diaryl/α,β-unsaturated/α-hetero) is 1. The van der Waals surface area contributed by atoms with E-state index >= 15 is 0 Å². The van der Waals surface area contributed by atoms with Crippen molar-refractivity contribution in [3.63, 3.8) is 0 Å². The molecule has 0 unspecified atom stereocenters. The zero-order chi connectivity index (χ0) is 11.5. The molecular formula is C11H13N3OS. The molecule has 2 aromatic rings. The molecule has 0 radical (unpaired) electrons. The lowest BCUT2D eigenvalue weighted by Crippen LogP contribution is -2.03. The Bertz CT molecular complexity index is 501. The fourth-order valence-electron chi connectivity index (χ4n) is 1.48. The molecule has 2 rings (SSSR count). The quantitative estimate of drug-likeness (QED) is 0.761. The van der Waals surface area contributed by atoms with Crippen LogP contribution in [0.2, 0.25) is 0 Å². The van der Waals surface area contributed by atoms with E-state index in [9.17, 15) is 4.79 Å². The zero-order valence-electron chi connectivity index (χ0n) is 9.30. The van der Waals surface area contributed by atoms with Crippen molar-refractivity contribution in [2.24, 2.45) is 7.05 Å². The van der Waals surface area contributed by atoms with E-state index in [1.54, 1.807) is 12.4 Å². The summed E-state index contributed by atoms with van der Waals surface area (Å²) >= 11 is 1.45. The monoisotopic (exact) mass is 235 g/mol. The predicted octanol–water partition coefficient (Wildman–Crippen LogP) is 2.00. The molecule has 16 heavy (non-hydrogen) atoms. The number of ketones is 1. The van der Waals surface area contributed by atoms with E-state index in [0.717, 1.165) is 15.7 Å². The standard InChI is InChI=1S/C11H13N3OS/c1-8-13-7-10(16-8)9(15)3-4-11-12-5-6-14(11)2/h5-7H,3-4H2,1-2H3. The third-order valence-corrected chi connectivity index (χ3v) is 3.35. The van der Waals surface area contributed by atoms with E-state index in [0.29, 0.717) is 12.8 Å². The van der Waals surface area contributed by atoms with Crippen molar-refractivity contribution in [1.29, 1.82) is 0 Å². The predicted molar refractivity (Wildman–Crippen MR) is 62.7 cm³/mol. The number of aromatic nitrogens is 3. The molecule has 0 N–H and O–H groups in total. The highest BCUT2D eigenvalue weighted by Crippen LogP contribution is 2.14. The van der Waals surface area contributed by atoms with E-state index in [-0.39, 0.29) is 5.78 Å². The molecule has 0 amide bonds. The number of carbonyl (C=O) groups excluding carboxylic acids is 1. The van der Waals surface area contributed by atoms with E-state index < -0.39 is 0 Å². The Labute approximate surface area is 98.0 Å². The topological polar surface area (TPSA) is 47.8 Å². The first kappa shape index (κ1) is 11.0.